The third kappa shape index (κ3) is 3.67. The summed E-state index contributed by atoms with van der Waals surface area (Å²) in [4.78, 5) is 12.0. The summed E-state index contributed by atoms with van der Waals surface area (Å²) in [6, 6.07) is 13.8. The van der Waals surface area contributed by atoms with Gasteiger partial charge in [-0.1, -0.05) is 51.8 Å². The Hall–Kier alpha value is -1.61. The molecule has 2 rings (SSSR count). The van der Waals surface area contributed by atoms with Gasteiger partial charge >= 0.3 is 0 Å². The van der Waals surface area contributed by atoms with Crippen LogP contribution in [-0.2, 0) is 6.54 Å². The number of halogens is 1. The summed E-state index contributed by atoms with van der Waals surface area (Å²) in [5, 5.41) is 2.93. The third-order valence-electron chi connectivity index (χ3n) is 2.97. The molecule has 1 N–H and O–H groups in total. The van der Waals surface area contributed by atoms with E-state index in [1.54, 1.807) is 0 Å². The number of carbonyl (C=O) groups is 1. The SMILES string of the molecule is Cc1cccc(CNC(=O)c2ccc(C)c(Br)c2)c1. The number of benzene rings is 2. The zero-order valence-corrected chi connectivity index (χ0v) is 12.6. The molecule has 2 nitrogen and oxygen atoms in total. The van der Waals surface area contributed by atoms with Gasteiger partial charge in [0.15, 0.2) is 0 Å². The summed E-state index contributed by atoms with van der Waals surface area (Å²) in [6.07, 6.45) is 0. The van der Waals surface area contributed by atoms with Crippen LogP contribution in [0.1, 0.15) is 27.0 Å². The van der Waals surface area contributed by atoms with Crippen molar-refractivity contribution >= 4 is 21.8 Å². The first kappa shape index (κ1) is 13.8. The standard InChI is InChI=1S/C16H16BrNO/c1-11-4-3-5-13(8-11)10-18-16(19)14-7-6-12(2)15(17)9-14/h3-9H,10H2,1-2H3,(H,18,19). The highest BCUT2D eigenvalue weighted by Gasteiger charge is 2.06. The van der Waals surface area contributed by atoms with Crippen LogP contribution in [0.2, 0.25) is 0 Å². The predicted octanol–water partition coefficient (Wildman–Crippen LogP) is 4.00. The van der Waals surface area contributed by atoms with Crippen molar-refractivity contribution in [2.75, 3.05) is 0 Å². The van der Waals surface area contributed by atoms with Crippen molar-refractivity contribution in [3.8, 4) is 0 Å². The highest BCUT2D eigenvalue weighted by Crippen LogP contribution is 2.17. The quantitative estimate of drug-likeness (QED) is 0.911. The molecular formula is C16H16BrNO. The summed E-state index contributed by atoms with van der Waals surface area (Å²) in [5.41, 5.74) is 4.10. The van der Waals surface area contributed by atoms with E-state index in [-0.39, 0.29) is 5.91 Å². The Morgan fingerprint density at radius 1 is 1.16 bits per heavy atom. The normalized spacial score (nSPS) is 10.3. The Labute approximate surface area is 122 Å². The van der Waals surface area contributed by atoms with Crippen LogP contribution in [-0.4, -0.2) is 5.91 Å². The van der Waals surface area contributed by atoms with Crippen LogP contribution < -0.4 is 5.32 Å². The fourth-order valence-corrected chi connectivity index (χ4v) is 2.22. The smallest absolute Gasteiger partial charge is 0.251 e. The maximum atomic E-state index is 12.0. The maximum absolute atomic E-state index is 12.0. The molecule has 0 aliphatic rings. The van der Waals surface area contributed by atoms with Gasteiger partial charge in [-0.05, 0) is 37.1 Å². The van der Waals surface area contributed by atoms with Gasteiger partial charge in [-0.3, -0.25) is 4.79 Å². The minimum atomic E-state index is -0.0535. The second-order valence-electron chi connectivity index (χ2n) is 4.64. The van der Waals surface area contributed by atoms with E-state index < -0.39 is 0 Å². The second-order valence-corrected chi connectivity index (χ2v) is 5.49. The van der Waals surface area contributed by atoms with Gasteiger partial charge in [0.2, 0.25) is 0 Å². The summed E-state index contributed by atoms with van der Waals surface area (Å²) in [5.74, 6) is -0.0535. The summed E-state index contributed by atoms with van der Waals surface area (Å²) >= 11 is 3.44. The summed E-state index contributed by atoms with van der Waals surface area (Å²) in [7, 11) is 0. The molecule has 0 aliphatic carbocycles. The molecule has 0 heterocycles. The first-order valence-electron chi connectivity index (χ1n) is 6.16. The molecule has 98 valence electrons. The Balaban J connectivity index is 2.03. The van der Waals surface area contributed by atoms with Gasteiger partial charge in [0.1, 0.15) is 0 Å². The van der Waals surface area contributed by atoms with Gasteiger partial charge in [0.25, 0.3) is 5.91 Å². The van der Waals surface area contributed by atoms with Crippen LogP contribution in [0.25, 0.3) is 0 Å². The summed E-state index contributed by atoms with van der Waals surface area (Å²) < 4.78 is 0.954. The van der Waals surface area contributed by atoms with Crippen molar-refractivity contribution in [1.29, 1.82) is 0 Å². The fraction of sp³-hybridized carbons (Fsp3) is 0.188. The average molecular weight is 318 g/mol. The van der Waals surface area contributed by atoms with E-state index in [0.29, 0.717) is 12.1 Å². The topological polar surface area (TPSA) is 29.1 Å². The van der Waals surface area contributed by atoms with Gasteiger partial charge in [-0.15, -0.1) is 0 Å². The van der Waals surface area contributed by atoms with Gasteiger partial charge in [0, 0.05) is 16.6 Å². The Bertz CT molecular complexity index is 607. The lowest BCUT2D eigenvalue weighted by atomic mass is 10.1. The number of aryl methyl sites for hydroxylation is 2. The molecule has 1 amide bonds. The molecule has 0 unspecified atom stereocenters. The summed E-state index contributed by atoms with van der Waals surface area (Å²) in [6.45, 7) is 4.59. The first-order chi connectivity index (χ1) is 9.06. The zero-order valence-electron chi connectivity index (χ0n) is 11.0. The molecule has 0 fully saturated rings. The van der Waals surface area contributed by atoms with Gasteiger partial charge in [-0.25, -0.2) is 0 Å². The molecule has 3 heteroatoms. The Morgan fingerprint density at radius 2 is 1.95 bits per heavy atom. The molecule has 19 heavy (non-hydrogen) atoms. The second kappa shape index (κ2) is 6.02. The Morgan fingerprint density at radius 3 is 2.63 bits per heavy atom. The highest BCUT2D eigenvalue weighted by atomic mass is 79.9. The molecule has 0 saturated carbocycles. The van der Waals surface area contributed by atoms with Crippen molar-refractivity contribution in [1.82, 2.24) is 5.32 Å². The van der Waals surface area contributed by atoms with E-state index in [0.717, 1.165) is 15.6 Å². The van der Waals surface area contributed by atoms with E-state index in [1.807, 2.05) is 50.2 Å². The molecule has 0 saturated heterocycles. The molecule has 2 aromatic carbocycles. The maximum Gasteiger partial charge on any atom is 0.251 e. The molecule has 0 aliphatic heterocycles. The highest BCUT2D eigenvalue weighted by molar-refractivity contribution is 9.10. The lowest BCUT2D eigenvalue weighted by molar-refractivity contribution is 0.0951. The lowest BCUT2D eigenvalue weighted by Gasteiger charge is -2.07. The minimum Gasteiger partial charge on any atom is -0.348 e. The number of nitrogens with one attached hydrogen (secondary N) is 1. The molecule has 0 aromatic heterocycles. The third-order valence-corrected chi connectivity index (χ3v) is 3.82. The molecule has 0 radical (unpaired) electrons. The van der Waals surface area contributed by atoms with Gasteiger partial charge in [0.05, 0.1) is 0 Å². The van der Waals surface area contributed by atoms with E-state index >= 15 is 0 Å². The van der Waals surface area contributed by atoms with Crippen LogP contribution in [0, 0.1) is 13.8 Å². The van der Waals surface area contributed by atoms with E-state index in [4.69, 9.17) is 0 Å². The van der Waals surface area contributed by atoms with Crippen molar-refractivity contribution in [3.63, 3.8) is 0 Å². The average Bonchev–Trinajstić information content (AvgIpc) is 2.39. The molecule has 0 bridgehead atoms. The largest absolute Gasteiger partial charge is 0.348 e. The van der Waals surface area contributed by atoms with E-state index in [9.17, 15) is 4.79 Å². The van der Waals surface area contributed by atoms with Crippen molar-refractivity contribution in [2.45, 2.75) is 20.4 Å². The van der Waals surface area contributed by atoms with E-state index in [1.165, 1.54) is 5.56 Å². The van der Waals surface area contributed by atoms with Gasteiger partial charge in [-0.2, -0.15) is 0 Å². The van der Waals surface area contributed by atoms with Crippen LogP contribution >= 0.6 is 15.9 Å². The minimum absolute atomic E-state index is 0.0535. The number of carbonyl (C=O) groups excluding carboxylic acids is 1. The van der Waals surface area contributed by atoms with E-state index in [2.05, 4.69) is 27.3 Å². The number of hydrogen-bond acceptors (Lipinski definition) is 1. The lowest BCUT2D eigenvalue weighted by Crippen LogP contribution is -2.22. The van der Waals surface area contributed by atoms with Crippen LogP contribution in [0.15, 0.2) is 46.9 Å². The molecule has 2 aromatic rings. The zero-order chi connectivity index (χ0) is 13.8. The molecule has 0 spiro atoms. The first-order valence-corrected chi connectivity index (χ1v) is 6.95. The van der Waals surface area contributed by atoms with Crippen LogP contribution in [0.4, 0.5) is 0 Å². The van der Waals surface area contributed by atoms with Crippen LogP contribution in [0.3, 0.4) is 0 Å². The monoisotopic (exact) mass is 317 g/mol. The van der Waals surface area contributed by atoms with Crippen LogP contribution in [0.5, 0.6) is 0 Å². The van der Waals surface area contributed by atoms with Crippen molar-refractivity contribution in [2.24, 2.45) is 0 Å². The predicted molar refractivity (Wildman–Crippen MR) is 81.2 cm³/mol. The molecule has 0 atom stereocenters. The van der Waals surface area contributed by atoms with Crippen molar-refractivity contribution in [3.05, 3.63) is 69.2 Å². The Kier molecular flexibility index (Phi) is 4.38. The number of rotatable bonds is 3. The fourth-order valence-electron chi connectivity index (χ4n) is 1.84. The number of hydrogen-bond donors (Lipinski definition) is 1. The van der Waals surface area contributed by atoms with Gasteiger partial charge < -0.3 is 5.32 Å². The number of amides is 1. The molecular weight excluding hydrogens is 302 g/mol. The van der Waals surface area contributed by atoms with Crippen molar-refractivity contribution < 1.29 is 4.79 Å².